The first-order chi connectivity index (χ1) is 15.6. The molecule has 0 radical (unpaired) electrons. The number of thioether (sulfide) groups is 1. The van der Waals surface area contributed by atoms with E-state index in [1.807, 2.05) is 50.2 Å². The molecule has 0 aliphatic heterocycles. The van der Waals surface area contributed by atoms with Gasteiger partial charge in [-0.15, -0.1) is 12.6 Å². The lowest BCUT2D eigenvalue weighted by atomic mass is 10.0. The van der Waals surface area contributed by atoms with Crippen molar-refractivity contribution in [2.45, 2.75) is 49.3 Å². The topological polar surface area (TPSA) is 72.9 Å². The molecule has 0 spiro atoms. The predicted octanol–water partition coefficient (Wildman–Crippen LogP) is 5.26. The Hall–Kier alpha value is -2.45. The molecule has 0 bridgehead atoms. The van der Waals surface area contributed by atoms with Gasteiger partial charge in [-0.1, -0.05) is 12.1 Å². The quantitative estimate of drug-likeness (QED) is 0.323. The van der Waals surface area contributed by atoms with Gasteiger partial charge in [-0.05, 0) is 85.0 Å². The second kappa shape index (κ2) is 14.6. The Morgan fingerprint density at radius 2 is 1.33 bits per heavy atom. The molecule has 2 aromatic carbocycles. The van der Waals surface area contributed by atoms with Crippen molar-refractivity contribution in [1.29, 1.82) is 0 Å². The van der Waals surface area contributed by atoms with Gasteiger partial charge < -0.3 is 14.4 Å². The summed E-state index contributed by atoms with van der Waals surface area (Å²) < 4.78 is 9.20. The van der Waals surface area contributed by atoms with Crippen LogP contribution < -0.4 is 0 Å². The lowest BCUT2D eigenvalue weighted by molar-refractivity contribution is -0.141. The van der Waals surface area contributed by atoms with Crippen molar-refractivity contribution in [1.82, 2.24) is 4.90 Å². The zero-order valence-electron chi connectivity index (χ0n) is 20.1. The van der Waals surface area contributed by atoms with Crippen LogP contribution in [0.25, 0.3) is 0 Å². The highest BCUT2D eigenvalue weighted by Gasteiger charge is 2.09. The molecule has 0 unspecified atom stereocenters. The van der Waals surface area contributed by atoms with Crippen LogP contribution in [0.5, 0.6) is 0 Å². The van der Waals surface area contributed by atoms with Gasteiger partial charge in [0.1, 0.15) is 0 Å². The predicted molar refractivity (Wildman–Crippen MR) is 135 cm³/mol. The van der Waals surface area contributed by atoms with Gasteiger partial charge >= 0.3 is 11.9 Å². The first-order valence-electron chi connectivity index (χ1n) is 10.5. The van der Waals surface area contributed by atoms with E-state index >= 15 is 0 Å². The Bertz CT molecular complexity index is 960. The standard InChI is InChI=1S/C14H19NO3S.C11H14O2S/c1-10-9-12(19-14(17)15(2)3)7-5-11(10)6-8-13(16)18-4;1-8-7-10(14)5-3-9(8)4-6-11(12)13-2/h5,7,9H,6,8H2,1-4H3;3,5,7,14H,4,6H2,1-2H3. The number of rotatable bonds is 7. The van der Waals surface area contributed by atoms with Crippen LogP contribution in [0, 0.1) is 13.8 Å². The lowest BCUT2D eigenvalue weighted by Gasteiger charge is -2.11. The molecule has 1 amide bonds. The van der Waals surface area contributed by atoms with Gasteiger partial charge in [0.05, 0.1) is 14.2 Å². The van der Waals surface area contributed by atoms with Crippen LogP contribution in [-0.4, -0.2) is 50.4 Å². The Kier molecular flexibility index (Phi) is 12.7. The van der Waals surface area contributed by atoms with Gasteiger partial charge in [-0.25, -0.2) is 0 Å². The lowest BCUT2D eigenvalue weighted by Crippen LogP contribution is -2.16. The van der Waals surface area contributed by atoms with Gasteiger partial charge in [-0.2, -0.15) is 0 Å². The maximum atomic E-state index is 11.6. The van der Waals surface area contributed by atoms with Crippen molar-refractivity contribution in [3.8, 4) is 0 Å². The number of carbonyl (C=O) groups is 3. The first-order valence-corrected chi connectivity index (χ1v) is 11.7. The van der Waals surface area contributed by atoms with Crippen LogP contribution in [0.1, 0.15) is 35.1 Å². The monoisotopic (exact) mass is 491 g/mol. The molecular formula is C25H33NO5S2. The van der Waals surface area contributed by atoms with Crippen LogP contribution >= 0.6 is 24.4 Å². The molecule has 0 saturated heterocycles. The van der Waals surface area contributed by atoms with Gasteiger partial charge in [0.25, 0.3) is 5.24 Å². The second-order valence-electron chi connectivity index (χ2n) is 7.61. The van der Waals surface area contributed by atoms with Crippen LogP contribution in [0.3, 0.4) is 0 Å². The van der Waals surface area contributed by atoms with E-state index in [4.69, 9.17) is 0 Å². The highest BCUT2D eigenvalue weighted by molar-refractivity contribution is 8.13. The normalized spacial score (nSPS) is 10.0. The second-order valence-corrected chi connectivity index (χ2v) is 9.15. The van der Waals surface area contributed by atoms with Crippen molar-refractivity contribution in [3.05, 3.63) is 58.7 Å². The van der Waals surface area contributed by atoms with Gasteiger partial charge in [0.2, 0.25) is 0 Å². The minimum Gasteiger partial charge on any atom is -0.469 e. The summed E-state index contributed by atoms with van der Waals surface area (Å²) in [6.45, 7) is 4.00. The molecule has 2 aromatic rings. The summed E-state index contributed by atoms with van der Waals surface area (Å²) in [5.74, 6) is -0.375. The number of esters is 2. The number of amides is 1. The number of carbonyl (C=O) groups excluding carboxylic acids is 3. The fourth-order valence-corrected chi connectivity index (χ4v) is 3.87. The summed E-state index contributed by atoms with van der Waals surface area (Å²) in [6.07, 6.45) is 2.20. The molecule has 8 heteroatoms. The summed E-state index contributed by atoms with van der Waals surface area (Å²) in [6, 6.07) is 11.8. The molecular weight excluding hydrogens is 458 g/mol. The summed E-state index contributed by atoms with van der Waals surface area (Å²) in [5, 5.41) is 0.00158. The largest absolute Gasteiger partial charge is 0.469 e. The molecule has 6 nitrogen and oxygen atoms in total. The number of methoxy groups -OCH3 is 2. The Morgan fingerprint density at radius 1 is 0.848 bits per heavy atom. The number of aryl methyl sites for hydroxylation is 4. The summed E-state index contributed by atoms with van der Waals surface area (Å²) in [7, 11) is 6.26. The van der Waals surface area contributed by atoms with Gasteiger partial charge in [0, 0.05) is 36.7 Å². The molecule has 0 saturated carbocycles. The van der Waals surface area contributed by atoms with Crippen molar-refractivity contribution in [2.24, 2.45) is 0 Å². The highest BCUT2D eigenvalue weighted by Crippen LogP contribution is 2.24. The van der Waals surface area contributed by atoms with Crippen LogP contribution in [0.15, 0.2) is 46.2 Å². The average molecular weight is 492 g/mol. The Morgan fingerprint density at radius 3 is 1.76 bits per heavy atom. The molecule has 2 rings (SSSR count). The SMILES string of the molecule is COC(=O)CCc1ccc(S)cc1C.COC(=O)CCc1ccc(SC(=O)N(C)C)cc1C. The number of hydrogen-bond acceptors (Lipinski definition) is 7. The van der Waals surface area contributed by atoms with Crippen molar-refractivity contribution < 1.29 is 23.9 Å². The maximum Gasteiger partial charge on any atom is 0.305 e. The smallest absolute Gasteiger partial charge is 0.305 e. The number of nitrogens with zero attached hydrogens (tertiary/aromatic N) is 1. The van der Waals surface area contributed by atoms with E-state index in [9.17, 15) is 14.4 Å². The van der Waals surface area contributed by atoms with E-state index in [2.05, 4.69) is 22.1 Å². The molecule has 0 aliphatic carbocycles. The van der Waals surface area contributed by atoms with Crippen LogP contribution in [0.2, 0.25) is 0 Å². The Balaban J connectivity index is 0.000000346. The number of benzene rings is 2. The van der Waals surface area contributed by atoms with Gasteiger partial charge in [-0.3, -0.25) is 14.4 Å². The summed E-state index contributed by atoms with van der Waals surface area (Å²) in [5.41, 5.74) is 4.53. The summed E-state index contributed by atoms with van der Waals surface area (Å²) in [4.78, 5) is 37.0. The molecule has 0 aromatic heterocycles. The first kappa shape index (κ1) is 28.6. The van der Waals surface area contributed by atoms with Crippen LogP contribution in [-0.2, 0) is 31.9 Å². The number of thiol groups is 1. The molecule has 33 heavy (non-hydrogen) atoms. The molecule has 180 valence electrons. The van der Waals surface area contributed by atoms with E-state index in [0.717, 1.165) is 27.3 Å². The van der Waals surface area contributed by atoms with Crippen molar-refractivity contribution in [2.75, 3.05) is 28.3 Å². The van der Waals surface area contributed by atoms with E-state index in [1.165, 1.54) is 37.1 Å². The minimum absolute atomic E-state index is 0.00158. The molecule has 0 atom stereocenters. The van der Waals surface area contributed by atoms with Crippen LogP contribution in [0.4, 0.5) is 4.79 Å². The zero-order chi connectivity index (χ0) is 25.0. The summed E-state index contributed by atoms with van der Waals surface area (Å²) >= 11 is 5.44. The maximum absolute atomic E-state index is 11.6. The number of ether oxygens (including phenoxy) is 2. The van der Waals surface area contributed by atoms with E-state index in [-0.39, 0.29) is 17.2 Å². The molecule has 0 aliphatic rings. The van der Waals surface area contributed by atoms with Gasteiger partial charge in [0.15, 0.2) is 0 Å². The average Bonchev–Trinajstić information content (AvgIpc) is 2.77. The van der Waals surface area contributed by atoms with E-state index in [0.29, 0.717) is 19.3 Å². The number of hydrogen-bond donors (Lipinski definition) is 1. The third kappa shape index (κ3) is 10.8. The third-order valence-electron chi connectivity index (χ3n) is 4.86. The van der Waals surface area contributed by atoms with Crippen molar-refractivity contribution >= 4 is 41.6 Å². The molecule has 0 N–H and O–H groups in total. The highest BCUT2D eigenvalue weighted by atomic mass is 32.2. The molecule has 0 heterocycles. The van der Waals surface area contributed by atoms with E-state index < -0.39 is 0 Å². The zero-order valence-corrected chi connectivity index (χ0v) is 21.8. The van der Waals surface area contributed by atoms with Crippen molar-refractivity contribution in [3.63, 3.8) is 0 Å². The van der Waals surface area contributed by atoms with E-state index in [1.54, 1.807) is 19.0 Å². The minimum atomic E-state index is -0.208. The Labute approximate surface area is 206 Å². The molecule has 0 fully saturated rings. The fraction of sp³-hybridized carbons (Fsp3) is 0.400. The fourth-order valence-electron chi connectivity index (χ4n) is 2.84. The third-order valence-corrected chi connectivity index (χ3v) is 6.17.